The van der Waals surface area contributed by atoms with Crippen LogP contribution in [0.4, 0.5) is 0 Å². The summed E-state index contributed by atoms with van der Waals surface area (Å²) < 4.78 is 5.37. The Kier molecular flexibility index (Phi) is 8.05. The van der Waals surface area contributed by atoms with E-state index in [9.17, 15) is 0 Å². The third-order valence-electron chi connectivity index (χ3n) is 2.86. The van der Waals surface area contributed by atoms with Crippen LogP contribution in [0.3, 0.4) is 0 Å². The van der Waals surface area contributed by atoms with Crippen molar-refractivity contribution >= 4 is 17.7 Å². The van der Waals surface area contributed by atoms with Crippen molar-refractivity contribution in [1.29, 1.82) is 0 Å². The number of guanidine groups is 1. The summed E-state index contributed by atoms with van der Waals surface area (Å²) in [7, 11) is 3.51. The molecule has 0 saturated heterocycles. The third kappa shape index (κ3) is 6.76. The second-order valence-electron chi connectivity index (χ2n) is 5.32. The van der Waals surface area contributed by atoms with E-state index in [1.165, 1.54) is 4.90 Å². The number of aliphatic imine (C=N–C) groups is 1. The summed E-state index contributed by atoms with van der Waals surface area (Å²) in [6.07, 6.45) is 0. The number of benzene rings is 1. The molecule has 0 aliphatic rings. The lowest BCUT2D eigenvalue weighted by Crippen LogP contribution is -2.42. The SMILES string of the molecule is CN=C(NCC(C)CSc1ccccc1OC)NC(C)C. The van der Waals surface area contributed by atoms with Gasteiger partial charge in [0, 0.05) is 30.3 Å². The van der Waals surface area contributed by atoms with Crippen molar-refractivity contribution in [2.45, 2.75) is 31.7 Å². The molecule has 0 aromatic heterocycles. The smallest absolute Gasteiger partial charge is 0.191 e. The molecule has 4 nitrogen and oxygen atoms in total. The molecule has 0 heterocycles. The van der Waals surface area contributed by atoms with Gasteiger partial charge in [0.1, 0.15) is 5.75 Å². The maximum Gasteiger partial charge on any atom is 0.191 e. The number of nitrogens with zero attached hydrogens (tertiary/aromatic N) is 1. The number of rotatable bonds is 7. The van der Waals surface area contributed by atoms with Crippen LogP contribution in [0.5, 0.6) is 5.75 Å². The van der Waals surface area contributed by atoms with Gasteiger partial charge in [-0.05, 0) is 31.9 Å². The Bertz CT molecular complexity index is 449. The van der Waals surface area contributed by atoms with Crippen LogP contribution < -0.4 is 15.4 Å². The van der Waals surface area contributed by atoms with E-state index in [0.29, 0.717) is 12.0 Å². The highest BCUT2D eigenvalue weighted by Gasteiger charge is 2.08. The van der Waals surface area contributed by atoms with Crippen molar-refractivity contribution in [2.75, 3.05) is 26.5 Å². The van der Waals surface area contributed by atoms with Gasteiger partial charge in [-0.2, -0.15) is 0 Å². The quantitative estimate of drug-likeness (QED) is 0.462. The molecule has 0 spiro atoms. The first-order chi connectivity index (χ1) is 10.1. The normalized spacial score (nSPS) is 13.1. The zero-order valence-electron chi connectivity index (χ0n) is 13.6. The molecule has 1 rings (SSSR count). The Balaban J connectivity index is 2.38. The molecule has 1 atom stereocenters. The van der Waals surface area contributed by atoms with Crippen molar-refractivity contribution in [1.82, 2.24) is 10.6 Å². The van der Waals surface area contributed by atoms with Crippen molar-refractivity contribution in [3.63, 3.8) is 0 Å². The number of para-hydroxylation sites is 1. The molecule has 0 fully saturated rings. The van der Waals surface area contributed by atoms with E-state index in [1.807, 2.05) is 30.0 Å². The number of methoxy groups -OCH3 is 1. The molecule has 21 heavy (non-hydrogen) atoms. The second kappa shape index (κ2) is 9.55. The van der Waals surface area contributed by atoms with Crippen LogP contribution in [0.25, 0.3) is 0 Å². The summed E-state index contributed by atoms with van der Waals surface area (Å²) in [4.78, 5) is 5.40. The number of nitrogens with one attached hydrogen (secondary N) is 2. The topological polar surface area (TPSA) is 45.7 Å². The monoisotopic (exact) mass is 309 g/mol. The number of thioether (sulfide) groups is 1. The zero-order chi connectivity index (χ0) is 15.7. The van der Waals surface area contributed by atoms with Gasteiger partial charge in [0.15, 0.2) is 5.96 Å². The number of hydrogen-bond donors (Lipinski definition) is 2. The lowest BCUT2D eigenvalue weighted by atomic mass is 10.2. The van der Waals surface area contributed by atoms with Gasteiger partial charge in [-0.15, -0.1) is 11.8 Å². The highest BCUT2D eigenvalue weighted by atomic mass is 32.2. The molecule has 1 aromatic carbocycles. The standard InChI is InChI=1S/C16H27N3OS/c1-12(2)19-16(17-4)18-10-13(3)11-21-15-9-7-6-8-14(15)20-5/h6-9,12-13H,10-11H2,1-5H3,(H2,17,18,19). The van der Waals surface area contributed by atoms with Gasteiger partial charge in [-0.3, -0.25) is 4.99 Å². The lowest BCUT2D eigenvalue weighted by molar-refractivity contribution is 0.405. The molecular formula is C16H27N3OS. The molecule has 1 aromatic rings. The van der Waals surface area contributed by atoms with E-state index < -0.39 is 0 Å². The lowest BCUT2D eigenvalue weighted by Gasteiger charge is -2.18. The van der Waals surface area contributed by atoms with Crippen molar-refractivity contribution in [3.8, 4) is 5.75 Å². The van der Waals surface area contributed by atoms with Crippen LogP contribution in [0.2, 0.25) is 0 Å². The minimum Gasteiger partial charge on any atom is -0.496 e. The van der Waals surface area contributed by atoms with Gasteiger partial charge in [0.05, 0.1) is 7.11 Å². The maximum absolute atomic E-state index is 5.37. The molecule has 118 valence electrons. The van der Waals surface area contributed by atoms with Gasteiger partial charge in [-0.25, -0.2) is 0 Å². The highest BCUT2D eigenvalue weighted by molar-refractivity contribution is 7.99. The molecule has 1 unspecified atom stereocenters. The summed E-state index contributed by atoms with van der Waals surface area (Å²) >= 11 is 1.83. The molecule has 0 aliphatic heterocycles. The second-order valence-corrected chi connectivity index (χ2v) is 6.38. The van der Waals surface area contributed by atoms with E-state index >= 15 is 0 Å². The molecule has 0 bridgehead atoms. The van der Waals surface area contributed by atoms with Crippen LogP contribution >= 0.6 is 11.8 Å². The Labute approximate surface area is 132 Å². The Morgan fingerprint density at radius 1 is 1.29 bits per heavy atom. The van der Waals surface area contributed by atoms with Crippen molar-refractivity contribution < 1.29 is 4.74 Å². The summed E-state index contributed by atoms with van der Waals surface area (Å²) in [6.45, 7) is 7.34. The predicted octanol–water partition coefficient (Wildman–Crippen LogP) is 3.00. The predicted molar refractivity (Wildman–Crippen MR) is 92.5 cm³/mol. The van der Waals surface area contributed by atoms with E-state index in [0.717, 1.165) is 24.0 Å². The molecule has 0 saturated carbocycles. The minimum atomic E-state index is 0.384. The van der Waals surface area contributed by atoms with Crippen molar-refractivity contribution in [3.05, 3.63) is 24.3 Å². The first-order valence-electron chi connectivity index (χ1n) is 7.29. The Hall–Kier alpha value is -1.36. The fourth-order valence-electron chi connectivity index (χ4n) is 1.77. The number of ether oxygens (including phenoxy) is 1. The van der Waals surface area contributed by atoms with Crippen molar-refractivity contribution in [2.24, 2.45) is 10.9 Å². The summed E-state index contributed by atoms with van der Waals surface area (Å²) in [5.41, 5.74) is 0. The number of hydrogen-bond acceptors (Lipinski definition) is 3. The van der Waals surface area contributed by atoms with E-state index in [-0.39, 0.29) is 0 Å². The maximum atomic E-state index is 5.37. The van der Waals surface area contributed by atoms with Gasteiger partial charge >= 0.3 is 0 Å². The minimum absolute atomic E-state index is 0.384. The average molecular weight is 309 g/mol. The van der Waals surface area contributed by atoms with Crippen LogP contribution in [0.15, 0.2) is 34.2 Å². The average Bonchev–Trinajstić information content (AvgIpc) is 2.49. The largest absolute Gasteiger partial charge is 0.496 e. The van der Waals surface area contributed by atoms with E-state index in [1.54, 1.807) is 14.2 Å². The Morgan fingerprint density at radius 3 is 2.62 bits per heavy atom. The van der Waals surface area contributed by atoms with Gasteiger partial charge in [0.2, 0.25) is 0 Å². The van der Waals surface area contributed by atoms with Crippen LogP contribution in [-0.2, 0) is 0 Å². The first kappa shape index (κ1) is 17.7. The van der Waals surface area contributed by atoms with E-state index in [2.05, 4.69) is 42.5 Å². The first-order valence-corrected chi connectivity index (χ1v) is 8.28. The summed E-state index contributed by atoms with van der Waals surface area (Å²) in [5, 5.41) is 6.65. The molecular weight excluding hydrogens is 282 g/mol. The molecule has 5 heteroatoms. The zero-order valence-corrected chi connectivity index (χ0v) is 14.5. The van der Waals surface area contributed by atoms with Gasteiger partial charge in [0.25, 0.3) is 0 Å². The summed E-state index contributed by atoms with van der Waals surface area (Å²) in [6, 6.07) is 8.52. The van der Waals surface area contributed by atoms with Gasteiger partial charge in [-0.1, -0.05) is 19.1 Å². The van der Waals surface area contributed by atoms with Crippen LogP contribution in [-0.4, -0.2) is 38.5 Å². The van der Waals surface area contributed by atoms with Crippen LogP contribution in [0, 0.1) is 5.92 Å². The Morgan fingerprint density at radius 2 is 2.00 bits per heavy atom. The fourth-order valence-corrected chi connectivity index (χ4v) is 2.82. The third-order valence-corrected chi connectivity index (χ3v) is 4.24. The fraction of sp³-hybridized carbons (Fsp3) is 0.562. The highest BCUT2D eigenvalue weighted by Crippen LogP contribution is 2.29. The van der Waals surface area contributed by atoms with Crippen LogP contribution in [0.1, 0.15) is 20.8 Å². The summed E-state index contributed by atoms with van der Waals surface area (Å²) in [5.74, 6) is 3.37. The molecule has 0 aliphatic carbocycles. The molecule has 0 amide bonds. The molecule has 2 N–H and O–H groups in total. The molecule has 0 radical (unpaired) electrons. The van der Waals surface area contributed by atoms with Gasteiger partial charge < -0.3 is 15.4 Å². The van der Waals surface area contributed by atoms with E-state index in [4.69, 9.17) is 4.74 Å².